The average Bonchev–Trinajstić information content (AvgIpc) is 1.87. The predicted molar refractivity (Wildman–Crippen MR) is 33.8 cm³/mol. The molecule has 10 heavy (non-hydrogen) atoms. The molecule has 0 unspecified atom stereocenters. The quantitative estimate of drug-likeness (QED) is 0.505. The summed E-state index contributed by atoms with van der Waals surface area (Å²) in [6.07, 6.45) is 0.746. The summed E-state index contributed by atoms with van der Waals surface area (Å²) in [5.74, 6) is -0.960. The maximum absolute atomic E-state index is 10.5. The van der Waals surface area contributed by atoms with Crippen molar-refractivity contribution in [1.82, 2.24) is 0 Å². The molecular weight excluding hydrogens is 134 g/mol. The molecule has 0 aliphatic carbocycles. The van der Waals surface area contributed by atoms with Crippen LogP contribution in [0.1, 0.15) is 19.3 Å². The van der Waals surface area contributed by atoms with Gasteiger partial charge in [0, 0.05) is 6.42 Å². The smallest absolute Gasteiger partial charge is 0.303 e. The van der Waals surface area contributed by atoms with Crippen molar-refractivity contribution < 1.29 is 20.0 Å². The summed E-state index contributed by atoms with van der Waals surface area (Å²) in [5.41, 5.74) is 0. The summed E-state index contributed by atoms with van der Waals surface area (Å²) < 4.78 is 0. The van der Waals surface area contributed by atoms with Gasteiger partial charge < -0.3 is 10.4 Å². The average molecular weight is 145 g/mol. The van der Waals surface area contributed by atoms with E-state index < -0.39 is 5.97 Å². The normalized spacial score (nSPS) is 9.30. The molecule has 0 aromatic heterocycles. The minimum Gasteiger partial charge on any atom is -0.481 e. The lowest BCUT2D eigenvalue weighted by Crippen LogP contribution is -2.81. The highest BCUT2D eigenvalue weighted by molar-refractivity contribution is 5.69. The molecule has 0 saturated carbocycles. The Balaban J connectivity index is 3.20. The second-order valence-corrected chi connectivity index (χ2v) is 1.92. The summed E-state index contributed by atoms with van der Waals surface area (Å²) in [4.78, 5) is 20.4. The number of amides is 1. The number of carbonyl (C=O) groups excluding carboxylic acids is 1. The SMILES string of the molecule is [CH2-][NH2+]C(=O)CCCC(=O)O. The van der Waals surface area contributed by atoms with Crippen molar-refractivity contribution in [3.63, 3.8) is 0 Å². The van der Waals surface area contributed by atoms with E-state index in [0.29, 0.717) is 6.42 Å². The maximum Gasteiger partial charge on any atom is 0.303 e. The van der Waals surface area contributed by atoms with Crippen molar-refractivity contribution in [1.29, 1.82) is 0 Å². The number of carboxylic acids is 1. The molecule has 0 atom stereocenters. The van der Waals surface area contributed by atoms with Gasteiger partial charge in [-0.2, -0.15) is 0 Å². The van der Waals surface area contributed by atoms with Crippen molar-refractivity contribution in [2.24, 2.45) is 0 Å². The lowest BCUT2D eigenvalue weighted by atomic mass is 10.2. The molecule has 4 nitrogen and oxygen atoms in total. The minimum absolute atomic E-state index is 0.0551. The van der Waals surface area contributed by atoms with Gasteiger partial charge in [0.1, 0.15) is 0 Å². The number of quaternary nitrogens is 1. The monoisotopic (exact) mass is 145 g/mol. The summed E-state index contributed by atoms with van der Waals surface area (Å²) in [7, 11) is 3.26. The van der Waals surface area contributed by atoms with Gasteiger partial charge in [-0.25, -0.2) is 4.79 Å². The van der Waals surface area contributed by atoms with Crippen molar-refractivity contribution in [2.45, 2.75) is 19.3 Å². The van der Waals surface area contributed by atoms with Crippen LogP contribution in [-0.2, 0) is 9.59 Å². The zero-order chi connectivity index (χ0) is 7.98. The first-order chi connectivity index (χ1) is 4.66. The molecule has 0 fully saturated rings. The molecule has 1 amide bonds. The second-order valence-electron chi connectivity index (χ2n) is 1.92. The van der Waals surface area contributed by atoms with Crippen molar-refractivity contribution in [2.75, 3.05) is 0 Å². The van der Waals surface area contributed by atoms with Gasteiger partial charge in [-0.1, -0.05) is 0 Å². The number of carboxylic acid groups (broad SMARTS) is 1. The Morgan fingerprint density at radius 3 is 2.40 bits per heavy atom. The van der Waals surface area contributed by atoms with Gasteiger partial charge in [0.05, 0.1) is 6.42 Å². The van der Waals surface area contributed by atoms with E-state index in [2.05, 4.69) is 7.05 Å². The van der Waals surface area contributed by atoms with Crippen LogP contribution in [0.3, 0.4) is 0 Å². The van der Waals surface area contributed by atoms with Crippen LogP contribution in [0.2, 0.25) is 0 Å². The van der Waals surface area contributed by atoms with E-state index in [-0.39, 0.29) is 18.7 Å². The molecule has 3 N–H and O–H groups in total. The molecule has 0 heterocycles. The Kier molecular flexibility index (Phi) is 4.49. The van der Waals surface area contributed by atoms with E-state index in [1.807, 2.05) is 0 Å². The number of nitrogens with two attached hydrogens (primary N) is 1. The van der Waals surface area contributed by atoms with Crippen LogP contribution < -0.4 is 5.32 Å². The molecule has 0 aromatic rings. The van der Waals surface area contributed by atoms with Gasteiger partial charge in [-0.15, -0.1) is 7.05 Å². The third-order valence-electron chi connectivity index (χ3n) is 1.04. The van der Waals surface area contributed by atoms with Gasteiger partial charge in [-0.05, 0) is 6.42 Å². The molecule has 0 radical (unpaired) electrons. The largest absolute Gasteiger partial charge is 0.481 e. The maximum atomic E-state index is 10.5. The third-order valence-corrected chi connectivity index (χ3v) is 1.04. The third kappa shape index (κ3) is 5.24. The van der Waals surface area contributed by atoms with Gasteiger partial charge in [-0.3, -0.25) is 4.79 Å². The van der Waals surface area contributed by atoms with Crippen LogP contribution in [0.25, 0.3) is 0 Å². The standard InChI is InChI=1S/C6H11NO3/c1-7-5(8)3-2-4-6(9)10/h1-4,7H2,(H,9,10). The predicted octanol–water partition coefficient (Wildman–Crippen LogP) is -0.877. The van der Waals surface area contributed by atoms with E-state index in [1.165, 1.54) is 5.32 Å². The highest BCUT2D eigenvalue weighted by Crippen LogP contribution is 1.92. The molecule has 0 saturated heterocycles. The fourth-order valence-electron chi connectivity index (χ4n) is 0.516. The topological polar surface area (TPSA) is 71.0 Å². The van der Waals surface area contributed by atoms with Gasteiger partial charge in [0.15, 0.2) is 0 Å². The van der Waals surface area contributed by atoms with E-state index in [1.54, 1.807) is 0 Å². The Morgan fingerprint density at radius 1 is 1.40 bits per heavy atom. The fourth-order valence-corrected chi connectivity index (χ4v) is 0.516. The summed E-state index contributed by atoms with van der Waals surface area (Å²) in [6.45, 7) is 0. The number of hydrogen-bond acceptors (Lipinski definition) is 2. The molecular formula is C6H11NO3. The Bertz CT molecular complexity index is 133. The first-order valence-electron chi connectivity index (χ1n) is 3.04. The summed E-state index contributed by atoms with van der Waals surface area (Å²) >= 11 is 0. The molecule has 0 aliphatic rings. The van der Waals surface area contributed by atoms with Crippen LogP contribution in [0.4, 0.5) is 0 Å². The fraction of sp³-hybridized carbons (Fsp3) is 0.500. The zero-order valence-electron chi connectivity index (χ0n) is 5.67. The van der Waals surface area contributed by atoms with E-state index in [0.717, 1.165) is 0 Å². The van der Waals surface area contributed by atoms with Crippen LogP contribution in [0.5, 0.6) is 0 Å². The zero-order valence-corrected chi connectivity index (χ0v) is 5.67. The molecule has 4 heteroatoms. The van der Waals surface area contributed by atoms with Gasteiger partial charge in [0.25, 0.3) is 5.91 Å². The van der Waals surface area contributed by atoms with E-state index >= 15 is 0 Å². The molecule has 0 aromatic carbocycles. The first-order valence-corrected chi connectivity index (χ1v) is 3.04. The second kappa shape index (κ2) is 4.93. The molecule has 0 aliphatic heterocycles. The molecule has 58 valence electrons. The van der Waals surface area contributed by atoms with Crippen LogP contribution in [0, 0.1) is 7.05 Å². The lowest BCUT2D eigenvalue weighted by Gasteiger charge is -1.95. The van der Waals surface area contributed by atoms with E-state index in [9.17, 15) is 9.59 Å². The van der Waals surface area contributed by atoms with Crippen molar-refractivity contribution in [3.05, 3.63) is 7.05 Å². The summed E-state index contributed by atoms with van der Waals surface area (Å²) in [5, 5.41) is 9.37. The van der Waals surface area contributed by atoms with E-state index in [4.69, 9.17) is 5.11 Å². The molecule has 0 rings (SSSR count). The van der Waals surface area contributed by atoms with Crippen molar-refractivity contribution >= 4 is 11.9 Å². The lowest BCUT2D eigenvalue weighted by molar-refractivity contribution is -0.507. The number of aliphatic carboxylic acids is 1. The van der Waals surface area contributed by atoms with Crippen LogP contribution in [0.15, 0.2) is 0 Å². The van der Waals surface area contributed by atoms with Crippen LogP contribution in [-0.4, -0.2) is 17.0 Å². The van der Waals surface area contributed by atoms with Crippen LogP contribution >= 0.6 is 0 Å². The van der Waals surface area contributed by atoms with Gasteiger partial charge >= 0.3 is 5.97 Å². The number of carbonyl (C=O) groups is 2. The highest BCUT2D eigenvalue weighted by atomic mass is 16.4. The number of primary amides is 1. The number of rotatable bonds is 4. The highest BCUT2D eigenvalue weighted by Gasteiger charge is 2.01. The van der Waals surface area contributed by atoms with Crippen molar-refractivity contribution in [3.8, 4) is 0 Å². The summed E-state index contributed by atoms with van der Waals surface area (Å²) in [6, 6.07) is 0. The number of hydrogen-bond donors (Lipinski definition) is 2. The molecule has 0 bridgehead atoms. The molecule has 0 spiro atoms. The Hall–Kier alpha value is -0.900. The Morgan fingerprint density at radius 2 is 2.00 bits per heavy atom. The van der Waals surface area contributed by atoms with Gasteiger partial charge in [0.2, 0.25) is 0 Å². The Labute approximate surface area is 59.2 Å². The minimum atomic E-state index is -0.864. The first kappa shape index (κ1) is 9.10.